The number of aromatic nitrogens is 1. The molecule has 0 spiro atoms. The first-order chi connectivity index (χ1) is 9.70. The summed E-state index contributed by atoms with van der Waals surface area (Å²) in [5, 5.41) is 3.16. The van der Waals surface area contributed by atoms with E-state index in [0.29, 0.717) is 12.2 Å². The van der Waals surface area contributed by atoms with Crippen LogP contribution in [0.5, 0.6) is 0 Å². The number of rotatable bonds is 5. The minimum atomic E-state index is -0.0535. The summed E-state index contributed by atoms with van der Waals surface area (Å²) in [4.78, 5) is 18.2. The molecular formula is C15H23N3O2. The molecule has 5 heteroatoms. The van der Waals surface area contributed by atoms with Gasteiger partial charge in [0.25, 0.3) is 5.91 Å². The Morgan fingerprint density at radius 2 is 2.35 bits per heavy atom. The van der Waals surface area contributed by atoms with Crippen molar-refractivity contribution >= 4 is 11.6 Å². The lowest BCUT2D eigenvalue weighted by Gasteiger charge is -2.27. The van der Waals surface area contributed by atoms with Crippen molar-refractivity contribution < 1.29 is 9.53 Å². The third-order valence-electron chi connectivity index (χ3n) is 3.46. The molecule has 0 radical (unpaired) electrons. The zero-order valence-corrected chi connectivity index (χ0v) is 12.3. The lowest BCUT2D eigenvalue weighted by atomic mass is 10.1. The number of nitrogens with one attached hydrogen (secondary N) is 1. The van der Waals surface area contributed by atoms with Gasteiger partial charge in [-0.05, 0) is 38.3 Å². The molecule has 1 unspecified atom stereocenters. The van der Waals surface area contributed by atoms with Crippen LogP contribution in [0.2, 0.25) is 0 Å². The Hall–Kier alpha value is -1.62. The van der Waals surface area contributed by atoms with Gasteiger partial charge in [-0.3, -0.25) is 4.79 Å². The van der Waals surface area contributed by atoms with Crippen LogP contribution in [-0.2, 0) is 4.74 Å². The van der Waals surface area contributed by atoms with E-state index in [1.165, 1.54) is 6.42 Å². The molecule has 1 aliphatic heterocycles. The quantitative estimate of drug-likeness (QED) is 0.896. The molecule has 1 N–H and O–H groups in total. The van der Waals surface area contributed by atoms with Crippen LogP contribution >= 0.6 is 0 Å². The monoisotopic (exact) mass is 277 g/mol. The molecule has 1 amide bonds. The number of carbonyl (C=O) groups excluding carboxylic acids is 1. The smallest absolute Gasteiger partial charge is 0.272 e. The van der Waals surface area contributed by atoms with Crippen molar-refractivity contribution in [1.82, 2.24) is 9.88 Å². The molecule has 2 heterocycles. The van der Waals surface area contributed by atoms with Crippen LogP contribution in [-0.4, -0.2) is 48.6 Å². The number of hydrogen-bond donors (Lipinski definition) is 1. The van der Waals surface area contributed by atoms with Crippen molar-refractivity contribution in [3.8, 4) is 0 Å². The highest BCUT2D eigenvalue weighted by Crippen LogP contribution is 2.14. The first-order valence-corrected chi connectivity index (χ1v) is 7.27. The normalized spacial score (nSPS) is 18.6. The molecule has 2 rings (SSSR count). The fourth-order valence-electron chi connectivity index (χ4n) is 2.36. The van der Waals surface area contributed by atoms with E-state index in [2.05, 4.69) is 10.3 Å². The van der Waals surface area contributed by atoms with E-state index in [4.69, 9.17) is 4.74 Å². The molecule has 1 aromatic heterocycles. The number of pyridine rings is 1. The zero-order chi connectivity index (χ0) is 14.4. The van der Waals surface area contributed by atoms with Crippen LogP contribution in [0.3, 0.4) is 0 Å². The van der Waals surface area contributed by atoms with E-state index in [0.717, 1.165) is 31.7 Å². The van der Waals surface area contributed by atoms with Crippen molar-refractivity contribution in [2.24, 2.45) is 0 Å². The van der Waals surface area contributed by atoms with Gasteiger partial charge in [-0.25, -0.2) is 4.98 Å². The number of likely N-dealkylation sites (N-methyl/N-ethyl adjacent to an activating group) is 1. The number of amides is 1. The Balaban J connectivity index is 1.91. The molecule has 110 valence electrons. The number of carbonyl (C=O) groups is 1. The minimum absolute atomic E-state index is 0.0535. The van der Waals surface area contributed by atoms with Gasteiger partial charge in [-0.2, -0.15) is 0 Å². The van der Waals surface area contributed by atoms with Gasteiger partial charge in [0, 0.05) is 26.7 Å². The van der Waals surface area contributed by atoms with Gasteiger partial charge in [0.15, 0.2) is 0 Å². The molecule has 0 aromatic carbocycles. The van der Waals surface area contributed by atoms with E-state index in [9.17, 15) is 4.79 Å². The van der Waals surface area contributed by atoms with Gasteiger partial charge in [-0.15, -0.1) is 0 Å². The Bertz CT molecular complexity index is 427. The van der Waals surface area contributed by atoms with Gasteiger partial charge in [0.2, 0.25) is 0 Å². The van der Waals surface area contributed by atoms with E-state index < -0.39 is 0 Å². The zero-order valence-electron chi connectivity index (χ0n) is 12.3. The fraction of sp³-hybridized carbons (Fsp3) is 0.600. The summed E-state index contributed by atoms with van der Waals surface area (Å²) in [6.45, 7) is 4.31. The second kappa shape index (κ2) is 7.24. The molecule has 1 atom stereocenters. The van der Waals surface area contributed by atoms with E-state index >= 15 is 0 Å². The van der Waals surface area contributed by atoms with Crippen molar-refractivity contribution in [3.63, 3.8) is 0 Å². The fourth-order valence-corrected chi connectivity index (χ4v) is 2.36. The maximum absolute atomic E-state index is 12.3. The van der Waals surface area contributed by atoms with Gasteiger partial charge in [0.1, 0.15) is 5.69 Å². The van der Waals surface area contributed by atoms with Crippen molar-refractivity contribution in [2.75, 3.05) is 32.1 Å². The molecule has 0 saturated carbocycles. The summed E-state index contributed by atoms with van der Waals surface area (Å²) in [6.07, 6.45) is 5.20. The first-order valence-electron chi connectivity index (χ1n) is 7.27. The summed E-state index contributed by atoms with van der Waals surface area (Å²) >= 11 is 0. The highest BCUT2D eigenvalue weighted by molar-refractivity contribution is 5.92. The van der Waals surface area contributed by atoms with Gasteiger partial charge >= 0.3 is 0 Å². The van der Waals surface area contributed by atoms with Crippen LogP contribution in [0.4, 0.5) is 5.69 Å². The highest BCUT2D eigenvalue weighted by atomic mass is 16.5. The molecule has 0 bridgehead atoms. The second-order valence-corrected chi connectivity index (χ2v) is 5.14. The van der Waals surface area contributed by atoms with Crippen LogP contribution < -0.4 is 5.32 Å². The Kier molecular flexibility index (Phi) is 5.35. The minimum Gasteiger partial charge on any atom is -0.384 e. The maximum Gasteiger partial charge on any atom is 0.272 e. The molecule has 1 aromatic rings. The van der Waals surface area contributed by atoms with E-state index in [1.807, 2.05) is 13.0 Å². The third-order valence-corrected chi connectivity index (χ3v) is 3.46. The maximum atomic E-state index is 12.3. The van der Waals surface area contributed by atoms with Crippen LogP contribution in [0.1, 0.15) is 36.7 Å². The van der Waals surface area contributed by atoms with Crippen LogP contribution in [0.25, 0.3) is 0 Å². The average Bonchev–Trinajstić information content (AvgIpc) is 2.48. The van der Waals surface area contributed by atoms with E-state index in [-0.39, 0.29) is 12.0 Å². The summed E-state index contributed by atoms with van der Waals surface area (Å²) in [5.74, 6) is -0.0535. The van der Waals surface area contributed by atoms with Gasteiger partial charge in [-0.1, -0.05) is 0 Å². The number of nitrogens with zero attached hydrogens (tertiary/aromatic N) is 2. The molecule has 1 fully saturated rings. The van der Waals surface area contributed by atoms with Crippen molar-refractivity contribution in [2.45, 2.75) is 32.3 Å². The average molecular weight is 277 g/mol. The standard InChI is InChI=1S/C15H23N3O2/c1-3-16-12-7-8-14(17-10-12)15(19)18(2)11-13-6-4-5-9-20-13/h7-8,10,13,16H,3-6,9,11H2,1-2H3. The second-order valence-electron chi connectivity index (χ2n) is 5.14. The van der Waals surface area contributed by atoms with E-state index in [1.54, 1.807) is 24.2 Å². The van der Waals surface area contributed by atoms with Gasteiger partial charge < -0.3 is 15.0 Å². The first kappa shape index (κ1) is 14.8. The van der Waals surface area contributed by atoms with Crippen LogP contribution in [0, 0.1) is 0 Å². The summed E-state index contributed by atoms with van der Waals surface area (Å²) in [7, 11) is 1.81. The molecule has 1 saturated heterocycles. The summed E-state index contributed by atoms with van der Waals surface area (Å²) < 4.78 is 5.66. The molecule has 1 aliphatic rings. The lowest BCUT2D eigenvalue weighted by Crippen LogP contribution is -2.37. The molecule has 5 nitrogen and oxygen atoms in total. The summed E-state index contributed by atoms with van der Waals surface area (Å²) in [6, 6.07) is 3.65. The molecular weight excluding hydrogens is 254 g/mol. The largest absolute Gasteiger partial charge is 0.384 e. The Morgan fingerprint density at radius 3 is 2.95 bits per heavy atom. The van der Waals surface area contributed by atoms with Crippen LogP contribution in [0.15, 0.2) is 18.3 Å². The van der Waals surface area contributed by atoms with Gasteiger partial charge in [0.05, 0.1) is 18.0 Å². The SMILES string of the molecule is CCNc1ccc(C(=O)N(C)CC2CCCCO2)nc1. The summed E-state index contributed by atoms with van der Waals surface area (Å²) in [5.41, 5.74) is 1.41. The van der Waals surface area contributed by atoms with Crippen molar-refractivity contribution in [3.05, 3.63) is 24.0 Å². The number of ether oxygens (including phenoxy) is 1. The topological polar surface area (TPSA) is 54.5 Å². The number of anilines is 1. The Labute approximate surface area is 120 Å². The molecule has 20 heavy (non-hydrogen) atoms. The highest BCUT2D eigenvalue weighted by Gasteiger charge is 2.20. The Morgan fingerprint density at radius 1 is 1.50 bits per heavy atom. The predicted molar refractivity (Wildman–Crippen MR) is 79.0 cm³/mol. The van der Waals surface area contributed by atoms with Crippen molar-refractivity contribution in [1.29, 1.82) is 0 Å². The lowest BCUT2D eigenvalue weighted by molar-refractivity contribution is -0.000289. The third kappa shape index (κ3) is 3.93. The number of hydrogen-bond acceptors (Lipinski definition) is 4. The molecule has 0 aliphatic carbocycles. The predicted octanol–water partition coefficient (Wildman–Crippen LogP) is 2.15.